The molecule has 0 radical (unpaired) electrons. The molecule has 0 fully saturated rings. The van der Waals surface area contributed by atoms with Gasteiger partial charge in [-0.1, -0.05) is 12.1 Å². The number of carboxylic acid groups (broad SMARTS) is 1. The minimum Gasteiger partial charge on any atom is -0.480 e. The van der Waals surface area contributed by atoms with Crippen molar-refractivity contribution in [1.82, 2.24) is 19.7 Å². The Bertz CT molecular complexity index is 1960. The van der Waals surface area contributed by atoms with Crippen molar-refractivity contribution < 1.29 is 36.3 Å². The number of amides is 1. The fourth-order valence-electron chi connectivity index (χ4n) is 4.31. The zero-order chi connectivity index (χ0) is 30.9. The molecule has 5 aromatic rings. The lowest BCUT2D eigenvalue weighted by Gasteiger charge is -2.17. The van der Waals surface area contributed by atoms with Gasteiger partial charge in [0.2, 0.25) is 5.95 Å². The summed E-state index contributed by atoms with van der Waals surface area (Å²) in [5.74, 6) is -6.35. The predicted octanol–water partition coefficient (Wildman–Crippen LogP) is 4.80. The highest BCUT2D eigenvalue weighted by molar-refractivity contribution is 9.10. The number of hydrogen-bond donors (Lipinski definition) is 3. The maximum atomic E-state index is 15.0. The molecule has 0 saturated heterocycles. The molecule has 0 unspecified atom stereocenters. The van der Waals surface area contributed by atoms with E-state index in [1.54, 1.807) is 22.7 Å². The predicted molar refractivity (Wildman–Crippen MR) is 152 cm³/mol. The van der Waals surface area contributed by atoms with E-state index in [2.05, 4.69) is 31.2 Å². The van der Waals surface area contributed by atoms with Crippen LogP contribution in [0.3, 0.4) is 0 Å². The van der Waals surface area contributed by atoms with E-state index < -0.39 is 56.8 Å². The third kappa shape index (κ3) is 6.36. The second-order valence-corrected chi connectivity index (χ2v) is 11.7. The monoisotopic (exact) mass is 673 g/mol. The standard InChI is InChI=1S/C28H19BrF3N5O5S/c29-20-6-3-18(37-10-9-34-26(20)37)14-23(28(39)40)35-27(38)25-21(30)12-17(13-22(25)31)36-43(41,42)19-4-1-15(2-5-19)16-7-8-33-24(32)11-16/h1-13,23,36H,14H2,(H,35,38)(H,39,40)/t23-/m0/s1. The van der Waals surface area contributed by atoms with Crippen molar-refractivity contribution in [2.75, 3.05) is 4.72 Å². The lowest BCUT2D eigenvalue weighted by molar-refractivity contribution is -0.139. The summed E-state index contributed by atoms with van der Waals surface area (Å²) >= 11 is 3.33. The van der Waals surface area contributed by atoms with Crippen LogP contribution in [0.4, 0.5) is 18.9 Å². The first kappa shape index (κ1) is 29.7. The van der Waals surface area contributed by atoms with Gasteiger partial charge in [0.15, 0.2) is 5.65 Å². The molecule has 0 aliphatic rings. The average molecular weight is 674 g/mol. The Balaban J connectivity index is 1.33. The minimum absolute atomic E-state index is 0.239. The van der Waals surface area contributed by atoms with Crippen LogP contribution in [0.25, 0.3) is 16.8 Å². The first-order valence-electron chi connectivity index (χ1n) is 12.3. The number of pyridine rings is 2. The number of nitrogens with one attached hydrogen (secondary N) is 2. The number of hydrogen-bond acceptors (Lipinski definition) is 6. The van der Waals surface area contributed by atoms with Crippen LogP contribution < -0.4 is 10.0 Å². The quantitative estimate of drug-likeness (QED) is 0.191. The van der Waals surface area contributed by atoms with Gasteiger partial charge in [0.25, 0.3) is 15.9 Å². The molecule has 5 rings (SSSR count). The van der Waals surface area contributed by atoms with Gasteiger partial charge >= 0.3 is 5.97 Å². The molecule has 15 heteroatoms. The second-order valence-electron chi connectivity index (χ2n) is 9.17. The Morgan fingerprint density at radius 2 is 1.63 bits per heavy atom. The van der Waals surface area contributed by atoms with Crippen molar-refractivity contribution in [3.63, 3.8) is 0 Å². The summed E-state index contributed by atoms with van der Waals surface area (Å²) in [5.41, 5.74) is 0.310. The number of carbonyl (C=O) groups is 2. The van der Waals surface area contributed by atoms with Crippen molar-refractivity contribution in [1.29, 1.82) is 0 Å². The highest BCUT2D eigenvalue weighted by atomic mass is 79.9. The van der Waals surface area contributed by atoms with Gasteiger partial charge in [0, 0.05) is 36.8 Å². The summed E-state index contributed by atoms with van der Waals surface area (Å²) in [6.07, 6.45) is 4.11. The smallest absolute Gasteiger partial charge is 0.326 e. The zero-order valence-corrected chi connectivity index (χ0v) is 24.0. The normalized spacial score (nSPS) is 12.2. The Hall–Kier alpha value is -4.76. The van der Waals surface area contributed by atoms with Gasteiger partial charge in [-0.15, -0.1) is 0 Å². The van der Waals surface area contributed by atoms with E-state index >= 15 is 0 Å². The molecule has 2 aromatic carbocycles. The van der Waals surface area contributed by atoms with Crippen LogP contribution in [-0.2, 0) is 21.2 Å². The zero-order valence-electron chi connectivity index (χ0n) is 21.6. The number of aliphatic carboxylic acids is 1. The van der Waals surface area contributed by atoms with Crippen molar-refractivity contribution in [3.8, 4) is 11.1 Å². The van der Waals surface area contributed by atoms with Crippen molar-refractivity contribution in [2.24, 2.45) is 0 Å². The van der Waals surface area contributed by atoms with Gasteiger partial charge < -0.3 is 14.8 Å². The van der Waals surface area contributed by atoms with Gasteiger partial charge in [-0.3, -0.25) is 9.52 Å². The number of anilines is 1. The maximum absolute atomic E-state index is 15.0. The molecular weight excluding hydrogens is 655 g/mol. The fraction of sp³-hybridized carbons (Fsp3) is 0.0714. The van der Waals surface area contributed by atoms with Crippen LogP contribution in [0.5, 0.6) is 0 Å². The van der Waals surface area contributed by atoms with Crippen LogP contribution in [0.1, 0.15) is 16.1 Å². The summed E-state index contributed by atoms with van der Waals surface area (Å²) in [6, 6.07) is 10.9. The molecule has 43 heavy (non-hydrogen) atoms. The summed E-state index contributed by atoms with van der Waals surface area (Å²) in [6.45, 7) is 0. The SMILES string of the molecule is O=C(N[C@@H](Cc1ccc(Br)c2nccn12)C(=O)O)c1c(F)cc(NS(=O)(=O)c2ccc(-c3ccnc(F)c3)cc2)cc1F. The summed E-state index contributed by atoms with van der Waals surface area (Å²) in [4.78, 5) is 32.1. The molecular formula is C28H19BrF3N5O5S. The number of nitrogens with zero attached hydrogens (tertiary/aromatic N) is 3. The molecule has 3 heterocycles. The maximum Gasteiger partial charge on any atom is 0.326 e. The van der Waals surface area contributed by atoms with E-state index in [1.165, 1.54) is 48.8 Å². The molecule has 0 spiro atoms. The van der Waals surface area contributed by atoms with Crippen LogP contribution in [-0.4, -0.2) is 45.8 Å². The first-order chi connectivity index (χ1) is 20.4. The van der Waals surface area contributed by atoms with E-state index in [4.69, 9.17) is 0 Å². The van der Waals surface area contributed by atoms with Gasteiger partial charge in [0.05, 0.1) is 15.1 Å². The molecule has 1 amide bonds. The van der Waals surface area contributed by atoms with Crippen LogP contribution in [0.15, 0.2) is 88.6 Å². The molecule has 3 N–H and O–H groups in total. The molecule has 0 saturated carbocycles. The van der Waals surface area contributed by atoms with E-state index in [0.29, 0.717) is 39.1 Å². The van der Waals surface area contributed by atoms with Crippen molar-refractivity contribution in [2.45, 2.75) is 17.4 Å². The minimum atomic E-state index is -4.33. The molecule has 0 aliphatic heterocycles. The molecule has 3 aromatic heterocycles. The fourth-order valence-corrected chi connectivity index (χ4v) is 5.78. The number of aromatic nitrogens is 3. The second kappa shape index (κ2) is 11.9. The van der Waals surface area contributed by atoms with Crippen LogP contribution >= 0.6 is 15.9 Å². The summed E-state index contributed by atoms with van der Waals surface area (Å²) in [7, 11) is -4.33. The van der Waals surface area contributed by atoms with Gasteiger partial charge in [-0.2, -0.15) is 4.39 Å². The highest BCUT2D eigenvalue weighted by Gasteiger charge is 2.27. The summed E-state index contributed by atoms with van der Waals surface area (Å²) < 4.78 is 73.3. The summed E-state index contributed by atoms with van der Waals surface area (Å²) in [5, 5.41) is 11.8. The third-order valence-corrected chi connectivity index (χ3v) is 8.36. The number of carboxylic acids is 1. The first-order valence-corrected chi connectivity index (χ1v) is 14.6. The third-order valence-electron chi connectivity index (χ3n) is 6.35. The lowest BCUT2D eigenvalue weighted by atomic mass is 10.1. The topological polar surface area (TPSA) is 143 Å². The number of benzene rings is 2. The molecule has 10 nitrogen and oxygen atoms in total. The highest BCUT2D eigenvalue weighted by Crippen LogP contribution is 2.25. The lowest BCUT2D eigenvalue weighted by Crippen LogP contribution is -2.43. The van der Waals surface area contributed by atoms with Crippen molar-refractivity contribution in [3.05, 3.63) is 113 Å². The number of imidazole rings is 1. The van der Waals surface area contributed by atoms with Gasteiger partial charge in [-0.05, 0) is 69.5 Å². The van der Waals surface area contributed by atoms with E-state index in [0.717, 1.165) is 0 Å². The number of halogens is 4. The molecule has 0 bridgehead atoms. The van der Waals surface area contributed by atoms with E-state index in [-0.39, 0.29) is 11.3 Å². The Morgan fingerprint density at radius 3 is 2.28 bits per heavy atom. The number of sulfonamides is 1. The van der Waals surface area contributed by atoms with Crippen molar-refractivity contribution >= 4 is 49.2 Å². The number of carbonyl (C=O) groups excluding carboxylic acids is 1. The Labute approximate surface area is 250 Å². The number of rotatable bonds is 9. The van der Waals surface area contributed by atoms with Crippen LogP contribution in [0, 0.1) is 17.6 Å². The molecule has 0 aliphatic carbocycles. The number of fused-ring (bicyclic) bond motifs is 1. The Morgan fingerprint density at radius 1 is 0.930 bits per heavy atom. The van der Waals surface area contributed by atoms with Crippen LogP contribution in [0.2, 0.25) is 0 Å². The molecule has 220 valence electrons. The Kier molecular flexibility index (Phi) is 8.19. The van der Waals surface area contributed by atoms with E-state index in [9.17, 15) is 36.3 Å². The largest absolute Gasteiger partial charge is 0.480 e. The van der Waals surface area contributed by atoms with Gasteiger partial charge in [-0.25, -0.2) is 32.0 Å². The van der Waals surface area contributed by atoms with E-state index in [1.807, 2.05) is 4.72 Å². The molecule has 1 atom stereocenters. The van der Waals surface area contributed by atoms with Gasteiger partial charge in [0.1, 0.15) is 23.2 Å². The average Bonchev–Trinajstić information content (AvgIpc) is 3.45.